The second-order valence-corrected chi connectivity index (χ2v) is 11.7. The standard InChI is InChI=1S/C19H24O3Si/c1-21-18-12-16(13-19(20)23(2,3)4)10-11-17(18)22-14-15-8-6-5-7-9-15/h5-12H,13-14H2,1-4H3. The fourth-order valence-corrected chi connectivity index (χ4v) is 2.86. The van der Waals surface area contributed by atoms with Gasteiger partial charge in [0.15, 0.2) is 11.5 Å². The highest BCUT2D eigenvalue weighted by molar-refractivity contribution is 7.03. The molecule has 23 heavy (non-hydrogen) atoms. The highest BCUT2D eigenvalue weighted by atomic mass is 28.3. The van der Waals surface area contributed by atoms with Gasteiger partial charge in [-0.2, -0.15) is 0 Å². The molecule has 0 aliphatic carbocycles. The Balaban J connectivity index is 2.09. The van der Waals surface area contributed by atoms with Crippen molar-refractivity contribution in [2.24, 2.45) is 0 Å². The first-order valence-electron chi connectivity index (χ1n) is 7.77. The fraction of sp³-hybridized carbons (Fsp3) is 0.316. The molecule has 0 bridgehead atoms. The summed E-state index contributed by atoms with van der Waals surface area (Å²) in [7, 11) is -0.135. The second-order valence-electron chi connectivity index (χ2n) is 6.61. The fourth-order valence-electron chi connectivity index (χ4n) is 2.13. The third-order valence-electron chi connectivity index (χ3n) is 3.67. The summed E-state index contributed by atoms with van der Waals surface area (Å²) < 4.78 is 11.3. The minimum atomic E-state index is -1.75. The molecule has 4 heteroatoms. The molecule has 0 fully saturated rings. The topological polar surface area (TPSA) is 35.5 Å². The summed E-state index contributed by atoms with van der Waals surface area (Å²) in [5.74, 6) is 1.36. The molecule has 0 aromatic heterocycles. The van der Waals surface area contributed by atoms with Crippen molar-refractivity contribution in [3.8, 4) is 11.5 Å². The Hall–Kier alpha value is -2.07. The lowest BCUT2D eigenvalue weighted by molar-refractivity contribution is -0.112. The van der Waals surface area contributed by atoms with Crippen molar-refractivity contribution in [3.63, 3.8) is 0 Å². The highest BCUT2D eigenvalue weighted by Crippen LogP contribution is 2.29. The first-order valence-corrected chi connectivity index (χ1v) is 11.3. The molecule has 0 aliphatic heterocycles. The molecule has 0 heterocycles. The zero-order valence-electron chi connectivity index (χ0n) is 14.3. The molecule has 122 valence electrons. The Labute approximate surface area is 139 Å². The molecule has 0 amide bonds. The molecular formula is C19H24O3Si. The van der Waals surface area contributed by atoms with Crippen LogP contribution in [0.1, 0.15) is 11.1 Å². The maximum atomic E-state index is 12.2. The largest absolute Gasteiger partial charge is 0.493 e. The lowest BCUT2D eigenvalue weighted by Gasteiger charge is -2.15. The van der Waals surface area contributed by atoms with E-state index in [1.54, 1.807) is 7.11 Å². The summed E-state index contributed by atoms with van der Waals surface area (Å²) in [4.78, 5) is 12.2. The molecule has 0 unspecified atom stereocenters. The molecule has 2 aromatic carbocycles. The van der Waals surface area contributed by atoms with Crippen molar-refractivity contribution in [1.29, 1.82) is 0 Å². The molecule has 0 aliphatic rings. The van der Waals surface area contributed by atoms with Gasteiger partial charge < -0.3 is 14.3 Å². The summed E-state index contributed by atoms with van der Waals surface area (Å²) in [5, 5.41) is 0.345. The Kier molecular flexibility index (Phi) is 5.61. The smallest absolute Gasteiger partial charge is 0.161 e. The zero-order valence-corrected chi connectivity index (χ0v) is 15.3. The third-order valence-corrected chi connectivity index (χ3v) is 5.52. The van der Waals surface area contributed by atoms with Crippen molar-refractivity contribution >= 4 is 13.5 Å². The number of carbonyl (C=O) groups excluding carboxylic acids is 1. The lowest BCUT2D eigenvalue weighted by atomic mass is 10.1. The lowest BCUT2D eigenvalue weighted by Crippen LogP contribution is -2.34. The maximum Gasteiger partial charge on any atom is 0.161 e. The molecule has 0 saturated carbocycles. The average Bonchev–Trinajstić information content (AvgIpc) is 2.53. The molecule has 0 saturated heterocycles. The van der Waals surface area contributed by atoms with Crippen LogP contribution in [0.4, 0.5) is 0 Å². The van der Waals surface area contributed by atoms with Crippen LogP contribution < -0.4 is 9.47 Å². The van der Waals surface area contributed by atoms with E-state index < -0.39 is 8.07 Å². The third kappa shape index (κ3) is 4.96. The first-order chi connectivity index (χ1) is 10.9. The first kappa shape index (κ1) is 17.3. The van der Waals surface area contributed by atoms with Gasteiger partial charge in [-0.25, -0.2) is 0 Å². The van der Waals surface area contributed by atoms with Gasteiger partial charge in [0, 0.05) is 6.42 Å². The Morgan fingerprint density at radius 3 is 2.26 bits per heavy atom. The monoisotopic (exact) mass is 328 g/mol. The number of hydrogen-bond acceptors (Lipinski definition) is 3. The van der Waals surface area contributed by atoms with Gasteiger partial charge in [0.25, 0.3) is 0 Å². The molecule has 0 radical (unpaired) electrons. The van der Waals surface area contributed by atoms with Crippen LogP contribution in [0.3, 0.4) is 0 Å². The zero-order chi connectivity index (χ0) is 16.9. The molecule has 2 aromatic rings. The SMILES string of the molecule is COc1cc(CC(=O)[Si](C)(C)C)ccc1OCc1ccccc1. The van der Waals surface area contributed by atoms with E-state index in [2.05, 4.69) is 19.6 Å². The minimum Gasteiger partial charge on any atom is -0.493 e. The summed E-state index contributed by atoms with van der Waals surface area (Å²) in [6, 6.07) is 15.7. The van der Waals surface area contributed by atoms with Gasteiger partial charge >= 0.3 is 0 Å². The Morgan fingerprint density at radius 2 is 1.65 bits per heavy atom. The predicted octanol–water partition coefficient (Wildman–Crippen LogP) is 4.26. The number of benzene rings is 2. The Morgan fingerprint density at radius 1 is 0.957 bits per heavy atom. The quantitative estimate of drug-likeness (QED) is 0.712. The van der Waals surface area contributed by atoms with Crippen LogP contribution in [0.25, 0.3) is 0 Å². The summed E-state index contributed by atoms with van der Waals surface area (Å²) in [5.41, 5.74) is 2.08. The van der Waals surface area contributed by atoms with Crippen molar-refractivity contribution in [3.05, 3.63) is 59.7 Å². The number of methoxy groups -OCH3 is 1. The summed E-state index contributed by atoms with van der Waals surface area (Å²) >= 11 is 0. The van der Waals surface area contributed by atoms with E-state index in [1.807, 2.05) is 48.5 Å². The van der Waals surface area contributed by atoms with Gasteiger partial charge in [-0.05, 0) is 23.3 Å². The normalized spacial score (nSPS) is 11.1. The van der Waals surface area contributed by atoms with Crippen LogP contribution in [0.2, 0.25) is 19.6 Å². The number of carbonyl (C=O) groups is 1. The van der Waals surface area contributed by atoms with Crippen LogP contribution in [-0.2, 0) is 17.8 Å². The van der Waals surface area contributed by atoms with Crippen LogP contribution in [0.5, 0.6) is 11.5 Å². The van der Waals surface area contributed by atoms with Gasteiger partial charge in [0.1, 0.15) is 20.1 Å². The van der Waals surface area contributed by atoms with Crippen LogP contribution in [0.15, 0.2) is 48.5 Å². The van der Waals surface area contributed by atoms with Crippen LogP contribution in [0, 0.1) is 0 Å². The van der Waals surface area contributed by atoms with Gasteiger partial charge in [0.05, 0.1) is 7.11 Å². The molecule has 3 nitrogen and oxygen atoms in total. The maximum absolute atomic E-state index is 12.2. The van der Waals surface area contributed by atoms with Gasteiger partial charge in [-0.3, -0.25) is 0 Å². The van der Waals surface area contributed by atoms with E-state index >= 15 is 0 Å². The number of hydrogen-bond donors (Lipinski definition) is 0. The minimum absolute atomic E-state index is 0.345. The second kappa shape index (κ2) is 7.46. The van der Waals surface area contributed by atoms with E-state index in [1.165, 1.54) is 0 Å². The molecule has 0 N–H and O–H groups in total. The molecular weight excluding hydrogens is 304 g/mol. The van der Waals surface area contributed by atoms with Gasteiger partial charge in [-0.15, -0.1) is 0 Å². The average molecular weight is 328 g/mol. The highest BCUT2D eigenvalue weighted by Gasteiger charge is 2.24. The summed E-state index contributed by atoms with van der Waals surface area (Å²) in [6.07, 6.45) is 0.463. The summed E-state index contributed by atoms with van der Waals surface area (Å²) in [6.45, 7) is 6.71. The van der Waals surface area contributed by atoms with Crippen molar-refractivity contribution in [2.45, 2.75) is 32.7 Å². The van der Waals surface area contributed by atoms with Gasteiger partial charge in [0.2, 0.25) is 0 Å². The van der Waals surface area contributed by atoms with E-state index in [-0.39, 0.29) is 0 Å². The van der Waals surface area contributed by atoms with Crippen molar-refractivity contribution in [2.75, 3.05) is 7.11 Å². The predicted molar refractivity (Wildman–Crippen MR) is 95.8 cm³/mol. The molecule has 0 atom stereocenters. The van der Waals surface area contributed by atoms with E-state index in [9.17, 15) is 4.79 Å². The van der Waals surface area contributed by atoms with Gasteiger partial charge in [-0.1, -0.05) is 56.0 Å². The number of rotatable bonds is 7. The van der Waals surface area contributed by atoms with E-state index in [4.69, 9.17) is 9.47 Å². The van der Waals surface area contributed by atoms with Crippen LogP contribution in [-0.4, -0.2) is 20.6 Å². The molecule has 2 rings (SSSR count). The van der Waals surface area contributed by atoms with Crippen LogP contribution >= 0.6 is 0 Å². The molecule has 0 spiro atoms. The van der Waals surface area contributed by atoms with Crippen molar-refractivity contribution in [1.82, 2.24) is 0 Å². The number of ether oxygens (including phenoxy) is 2. The van der Waals surface area contributed by atoms with E-state index in [0.717, 1.165) is 11.1 Å². The van der Waals surface area contributed by atoms with Crippen molar-refractivity contribution < 1.29 is 14.3 Å². The van der Waals surface area contributed by atoms with E-state index in [0.29, 0.717) is 29.9 Å². The Bertz CT molecular complexity index is 660.